The molecule has 0 aliphatic carbocycles. The van der Waals surface area contributed by atoms with E-state index in [1.807, 2.05) is 24.3 Å². The summed E-state index contributed by atoms with van der Waals surface area (Å²) in [5.41, 5.74) is 1.17. The van der Waals surface area contributed by atoms with Crippen molar-refractivity contribution >= 4 is 23.6 Å². The summed E-state index contributed by atoms with van der Waals surface area (Å²) >= 11 is 0. The molecule has 7 heteroatoms. The molecule has 0 spiro atoms. The van der Waals surface area contributed by atoms with Crippen molar-refractivity contribution in [1.29, 1.82) is 0 Å². The molecule has 0 saturated carbocycles. The van der Waals surface area contributed by atoms with E-state index in [2.05, 4.69) is 20.8 Å². The minimum atomic E-state index is -1.06. The van der Waals surface area contributed by atoms with Gasteiger partial charge < -0.3 is 4.74 Å². The third kappa shape index (κ3) is 2.98. The van der Waals surface area contributed by atoms with E-state index >= 15 is 0 Å². The summed E-state index contributed by atoms with van der Waals surface area (Å²) in [6.07, 6.45) is -2.11. The third-order valence-electron chi connectivity index (χ3n) is 6.17. The van der Waals surface area contributed by atoms with Gasteiger partial charge >= 0.3 is 0 Å². The minimum Gasteiger partial charge on any atom is -0.354 e. The Bertz CT molecular complexity index is 955. The van der Waals surface area contributed by atoms with E-state index in [4.69, 9.17) is 4.74 Å². The summed E-state index contributed by atoms with van der Waals surface area (Å²) in [6.45, 7) is 11.7. The van der Waals surface area contributed by atoms with Gasteiger partial charge in [0.05, 0.1) is 18.4 Å². The van der Waals surface area contributed by atoms with Gasteiger partial charge in [0.15, 0.2) is 12.2 Å². The van der Waals surface area contributed by atoms with Gasteiger partial charge in [-0.25, -0.2) is 0 Å². The Labute approximate surface area is 176 Å². The molecule has 160 valence electrons. The van der Waals surface area contributed by atoms with Crippen LogP contribution < -0.4 is 0 Å². The topological polar surface area (TPSA) is 84.0 Å². The lowest BCUT2D eigenvalue weighted by molar-refractivity contribution is -0.151. The summed E-state index contributed by atoms with van der Waals surface area (Å²) in [7, 11) is 0. The largest absolute Gasteiger partial charge is 0.354 e. The molecule has 7 nitrogen and oxygen atoms in total. The van der Waals surface area contributed by atoms with E-state index < -0.39 is 53.2 Å². The summed E-state index contributed by atoms with van der Waals surface area (Å²) < 4.78 is 5.72. The fourth-order valence-corrected chi connectivity index (χ4v) is 4.66. The summed E-state index contributed by atoms with van der Waals surface area (Å²) in [4.78, 5) is 54.2. The van der Waals surface area contributed by atoms with Crippen molar-refractivity contribution in [3.05, 3.63) is 35.4 Å². The number of carbonyl (C=O) groups excluding carboxylic acids is 4. The number of rotatable bonds is 2. The normalized spacial score (nSPS) is 29.1. The minimum absolute atomic E-state index is 0.0606. The smallest absolute Gasteiger partial charge is 0.259 e. The average Bonchev–Trinajstić information content (AvgIpc) is 3.20. The van der Waals surface area contributed by atoms with E-state index in [9.17, 15) is 19.2 Å². The van der Waals surface area contributed by atoms with Crippen LogP contribution in [-0.2, 0) is 35.9 Å². The molecule has 30 heavy (non-hydrogen) atoms. The van der Waals surface area contributed by atoms with Crippen molar-refractivity contribution in [3.8, 4) is 0 Å². The van der Waals surface area contributed by atoms with E-state index in [1.165, 1.54) is 9.80 Å². The Balaban J connectivity index is 1.60. The maximum Gasteiger partial charge on any atom is 0.259 e. The molecule has 0 bridgehead atoms. The first kappa shape index (κ1) is 20.7. The number of imide groups is 2. The number of nitrogens with zero attached hydrogens (tertiary/aromatic N) is 2. The van der Waals surface area contributed by atoms with Crippen LogP contribution in [0.25, 0.3) is 0 Å². The van der Waals surface area contributed by atoms with Crippen LogP contribution in [0.4, 0.5) is 0 Å². The number of likely N-dealkylation sites (tertiary alicyclic amines) is 2. The molecule has 3 saturated heterocycles. The van der Waals surface area contributed by atoms with Crippen LogP contribution >= 0.6 is 0 Å². The van der Waals surface area contributed by atoms with Crippen molar-refractivity contribution in [2.75, 3.05) is 0 Å². The van der Waals surface area contributed by atoms with Gasteiger partial charge in [-0.3, -0.25) is 29.0 Å². The first-order valence-electron chi connectivity index (χ1n) is 10.3. The summed E-state index contributed by atoms with van der Waals surface area (Å²) in [5, 5.41) is 0. The van der Waals surface area contributed by atoms with Gasteiger partial charge in [0, 0.05) is 5.54 Å². The van der Waals surface area contributed by atoms with E-state index in [-0.39, 0.29) is 12.0 Å². The van der Waals surface area contributed by atoms with E-state index in [0.717, 1.165) is 11.1 Å². The summed E-state index contributed by atoms with van der Waals surface area (Å²) in [6, 6.07) is 7.79. The zero-order valence-corrected chi connectivity index (χ0v) is 18.3. The molecule has 3 aliphatic rings. The van der Waals surface area contributed by atoms with Gasteiger partial charge in [0.2, 0.25) is 11.8 Å². The molecule has 3 heterocycles. The van der Waals surface area contributed by atoms with Crippen molar-refractivity contribution in [2.45, 2.75) is 71.2 Å². The Morgan fingerprint density at radius 2 is 1.43 bits per heavy atom. The van der Waals surface area contributed by atoms with Gasteiger partial charge in [-0.2, -0.15) is 0 Å². The van der Waals surface area contributed by atoms with Gasteiger partial charge in [0.1, 0.15) is 0 Å². The third-order valence-corrected chi connectivity index (χ3v) is 6.17. The Hall–Kier alpha value is -2.54. The molecule has 4 unspecified atom stereocenters. The van der Waals surface area contributed by atoms with Crippen LogP contribution in [0.1, 0.15) is 52.7 Å². The highest BCUT2D eigenvalue weighted by Crippen LogP contribution is 2.46. The maximum absolute atomic E-state index is 13.2. The number of ether oxygens (including phenoxy) is 1. The van der Waals surface area contributed by atoms with Gasteiger partial charge in [-0.05, 0) is 37.3 Å². The van der Waals surface area contributed by atoms with Crippen LogP contribution in [0.2, 0.25) is 0 Å². The quantitative estimate of drug-likeness (QED) is 0.694. The van der Waals surface area contributed by atoms with E-state index in [0.29, 0.717) is 0 Å². The second-order valence-corrected chi connectivity index (χ2v) is 10.4. The predicted octanol–water partition coefficient (Wildman–Crippen LogP) is 2.02. The maximum atomic E-state index is 13.2. The predicted molar refractivity (Wildman–Crippen MR) is 108 cm³/mol. The molecule has 4 atom stereocenters. The number of benzene rings is 1. The van der Waals surface area contributed by atoms with Crippen molar-refractivity contribution in [1.82, 2.24) is 9.80 Å². The van der Waals surface area contributed by atoms with Crippen LogP contribution in [-0.4, -0.2) is 51.2 Å². The standard InChI is InChI=1S/C23H28N2O5/c1-22(2,3)13-9-7-8-12(10-13)11-24-18(26)14-15-17(30-16(14)20(24)28)21(29)25(19(15)27)23(4,5)6/h7-10,14-17H,11H2,1-6H3. The van der Waals surface area contributed by atoms with Crippen LogP contribution in [0.5, 0.6) is 0 Å². The molecule has 3 fully saturated rings. The number of amides is 4. The van der Waals surface area contributed by atoms with E-state index in [1.54, 1.807) is 20.8 Å². The zero-order valence-electron chi connectivity index (χ0n) is 18.3. The second kappa shape index (κ2) is 6.48. The molecule has 4 rings (SSSR count). The first-order chi connectivity index (χ1) is 13.8. The number of hydrogen-bond acceptors (Lipinski definition) is 5. The molecular formula is C23H28N2O5. The Morgan fingerprint density at radius 3 is 2.03 bits per heavy atom. The highest BCUT2D eigenvalue weighted by atomic mass is 16.5. The summed E-state index contributed by atoms with van der Waals surface area (Å²) in [5.74, 6) is -3.65. The van der Waals surface area contributed by atoms with Crippen molar-refractivity contribution < 1.29 is 23.9 Å². The lowest BCUT2D eigenvalue weighted by Crippen LogP contribution is -2.48. The lowest BCUT2D eigenvalue weighted by Gasteiger charge is -2.31. The van der Waals surface area contributed by atoms with Crippen LogP contribution in [0.3, 0.4) is 0 Å². The van der Waals surface area contributed by atoms with Crippen LogP contribution in [0, 0.1) is 11.8 Å². The Kier molecular flexibility index (Phi) is 4.47. The highest BCUT2D eigenvalue weighted by molar-refractivity contribution is 6.15. The molecule has 3 aliphatic heterocycles. The molecule has 1 aromatic carbocycles. The van der Waals surface area contributed by atoms with Gasteiger partial charge in [-0.1, -0.05) is 45.0 Å². The highest BCUT2D eigenvalue weighted by Gasteiger charge is 2.68. The Morgan fingerprint density at radius 1 is 0.833 bits per heavy atom. The van der Waals surface area contributed by atoms with Crippen LogP contribution in [0.15, 0.2) is 24.3 Å². The monoisotopic (exact) mass is 412 g/mol. The first-order valence-corrected chi connectivity index (χ1v) is 10.3. The molecule has 0 N–H and O–H groups in total. The zero-order chi connectivity index (χ0) is 22.2. The molecule has 0 radical (unpaired) electrons. The number of carbonyl (C=O) groups is 4. The van der Waals surface area contributed by atoms with Crippen molar-refractivity contribution in [3.63, 3.8) is 0 Å². The fraction of sp³-hybridized carbons (Fsp3) is 0.565. The lowest BCUT2D eigenvalue weighted by atomic mass is 9.86. The van der Waals surface area contributed by atoms with Gasteiger partial charge in [-0.15, -0.1) is 0 Å². The van der Waals surface area contributed by atoms with Gasteiger partial charge in [0.25, 0.3) is 11.8 Å². The SMILES string of the molecule is CC(C)(C)c1cccc(CN2C(=O)C3OC4C(=O)N(C(C)(C)C)C(=O)C4C3C2=O)c1. The fourth-order valence-electron chi connectivity index (χ4n) is 4.66. The van der Waals surface area contributed by atoms with Crippen molar-refractivity contribution in [2.24, 2.45) is 11.8 Å². The number of hydrogen-bond donors (Lipinski definition) is 0. The average molecular weight is 412 g/mol. The second-order valence-electron chi connectivity index (χ2n) is 10.4. The molecule has 0 aromatic heterocycles. The molecule has 4 amide bonds. The number of fused-ring (bicyclic) bond motifs is 3. The molecular weight excluding hydrogens is 384 g/mol. The molecule has 1 aromatic rings.